The molecule has 0 saturated heterocycles. The summed E-state index contributed by atoms with van der Waals surface area (Å²) in [5.74, 6) is -0.893. The molecule has 0 aliphatic rings. The molecule has 0 bridgehead atoms. The maximum absolute atomic E-state index is 11.3. The molecular weight excluding hydrogens is 362 g/mol. The average Bonchev–Trinajstić information content (AvgIpc) is 3.09. The molecule has 0 unspecified atom stereocenters. The number of hydrogen-bond donors (Lipinski definition) is 3. The van der Waals surface area contributed by atoms with Gasteiger partial charge in [0.05, 0.1) is 5.39 Å². The molecule has 0 atom stereocenters. The number of carboxylic acids is 1. The number of nitrogens with one attached hydrogen (secondary N) is 1. The lowest BCUT2D eigenvalue weighted by atomic mass is 10.0. The lowest BCUT2D eigenvalue weighted by Gasteiger charge is -2.10. The molecule has 7 heteroatoms. The van der Waals surface area contributed by atoms with Gasteiger partial charge in [0, 0.05) is 16.6 Å². The molecule has 2 aromatic heterocycles. The van der Waals surface area contributed by atoms with E-state index in [1.54, 1.807) is 6.07 Å². The number of aromatic nitrogens is 2. The lowest BCUT2D eigenvalue weighted by Crippen LogP contribution is -2.00. The molecule has 0 fully saturated rings. The van der Waals surface area contributed by atoms with E-state index in [1.165, 1.54) is 35.4 Å². The van der Waals surface area contributed by atoms with E-state index >= 15 is 0 Å². The number of phenols is 1. The van der Waals surface area contributed by atoms with Crippen LogP contribution < -0.4 is 5.32 Å². The van der Waals surface area contributed by atoms with Gasteiger partial charge in [0.1, 0.15) is 28.3 Å². The first kappa shape index (κ1) is 17.0. The molecule has 0 amide bonds. The van der Waals surface area contributed by atoms with Crippen LogP contribution in [0.4, 0.5) is 11.5 Å². The SMILES string of the molecule is Cc1ccc(-c2csc3ncnc(Nc4ccc(O)c(C(=O)O)c4)c23)cc1. The Labute approximate surface area is 158 Å². The summed E-state index contributed by atoms with van der Waals surface area (Å²) in [4.78, 5) is 20.8. The molecule has 4 rings (SSSR count). The van der Waals surface area contributed by atoms with Gasteiger partial charge in [0.25, 0.3) is 0 Å². The normalized spacial score (nSPS) is 10.9. The first-order chi connectivity index (χ1) is 13.0. The molecule has 6 nitrogen and oxygen atoms in total. The van der Waals surface area contributed by atoms with Crippen LogP contribution in [0.1, 0.15) is 15.9 Å². The van der Waals surface area contributed by atoms with Gasteiger partial charge in [-0.1, -0.05) is 29.8 Å². The summed E-state index contributed by atoms with van der Waals surface area (Å²) in [5, 5.41) is 25.0. The molecule has 2 heterocycles. The molecule has 134 valence electrons. The van der Waals surface area contributed by atoms with Crippen molar-refractivity contribution in [2.75, 3.05) is 5.32 Å². The van der Waals surface area contributed by atoms with Gasteiger partial charge in [-0.3, -0.25) is 0 Å². The maximum Gasteiger partial charge on any atom is 0.339 e. The zero-order valence-electron chi connectivity index (χ0n) is 14.3. The van der Waals surface area contributed by atoms with Crippen molar-refractivity contribution >= 4 is 39.0 Å². The van der Waals surface area contributed by atoms with E-state index in [2.05, 4.69) is 39.6 Å². The summed E-state index contributed by atoms with van der Waals surface area (Å²) in [6, 6.07) is 12.5. The van der Waals surface area contributed by atoms with Crippen LogP contribution in [0.15, 0.2) is 54.2 Å². The number of nitrogens with zero attached hydrogens (tertiary/aromatic N) is 2. The summed E-state index contributed by atoms with van der Waals surface area (Å²) < 4.78 is 0. The highest BCUT2D eigenvalue weighted by atomic mass is 32.1. The van der Waals surface area contributed by atoms with Crippen LogP contribution in [-0.4, -0.2) is 26.2 Å². The molecule has 2 aromatic carbocycles. The highest BCUT2D eigenvalue weighted by Gasteiger charge is 2.15. The van der Waals surface area contributed by atoms with Crippen LogP contribution in [-0.2, 0) is 0 Å². The molecular formula is C20H15N3O3S. The van der Waals surface area contributed by atoms with Gasteiger partial charge in [-0.2, -0.15) is 0 Å². The van der Waals surface area contributed by atoms with E-state index in [-0.39, 0.29) is 11.3 Å². The maximum atomic E-state index is 11.3. The number of anilines is 2. The van der Waals surface area contributed by atoms with Crippen molar-refractivity contribution in [2.24, 2.45) is 0 Å². The third kappa shape index (κ3) is 3.20. The summed E-state index contributed by atoms with van der Waals surface area (Å²) in [7, 11) is 0. The standard InChI is InChI=1S/C20H15N3O3S/c1-11-2-4-12(5-3-11)15-9-27-19-17(15)18(21-10-22-19)23-13-6-7-16(24)14(8-13)20(25)26/h2-10,24H,1H3,(H,25,26)(H,21,22,23). The minimum atomic E-state index is -1.19. The quantitative estimate of drug-likeness (QED) is 0.442. The molecule has 0 aliphatic heterocycles. The molecule has 4 aromatic rings. The average molecular weight is 377 g/mol. The van der Waals surface area contributed by atoms with Crippen molar-refractivity contribution in [3.05, 3.63) is 65.3 Å². The van der Waals surface area contributed by atoms with Crippen LogP contribution in [0.25, 0.3) is 21.3 Å². The molecule has 27 heavy (non-hydrogen) atoms. The predicted molar refractivity (Wildman–Crippen MR) is 106 cm³/mol. The zero-order valence-corrected chi connectivity index (χ0v) is 15.1. The fourth-order valence-corrected chi connectivity index (χ4v) is 3.75. The highest BCUT2D eigenvalue weighted by Crippen LogP contribution is 2.37. The first-order valence-electron chi connectivity index (χ1n) is 8.15. The summed E-state index contributed by atoms with van der Waals surface area (Å²) in [6.45, 7) is 2.04. The molecule has 3 N–H and O–H groups in total. The van der Waals surface area contributed by atoms with E-state index in [9.17, 15) is 15.0 Å². The minimum absolute atomic E-state index is 0.172. The number of rotatable bonds is 4. The van der Waals surface area contributed by atoms with E-state index in [1.807, 2.05) is 12.3 Å². The number of fused-ring (bicyclic) bond motifs is 1. The van der Waals surface area contributed by atoms with Crippen molar-refractivity contribution < 1.29 is 15.0 Å². The Bertz CT molecular complexity index is 1150. The molecule has 0 radical (unpaired) electrons. The Morgan fingerprint density at radius 2 is 1.89 bits per heavy atom. The van der Waals surface area contributed by atoms with Crippen molar-refractivity contribution in [3.63, 3.8) is 0 Å². The van der Waals surface area contributed by atoms with Crippen molar-refractivity contribution in [1.82, 2.24) is 9.97 Å². The van der Waals surface area contributed by atoms with E-state index < -0.39 is 5.97 Å². The van der Waals surface area contributed by atoms with Gasteiger partial charge in [0.2, 0.25) is 0 Å². The number of aryl methyl sites for hydroxylation is 1. The molecule has 0 aliphatic carbocycles. The second-order valence-electron chi connectivity index (χ2n) is 6.08. The Hall–Kier alpha value is -3.45. The molecule has 0 spiro atoms. The third-order valence-corrected chi connectivity index (χ3v) is 5.11. The number of benzene rings is 2. The number of thiophene rings is 1. The second kappa shape index (κ2) is 6.69. The minimum Gasteiger partial charge on any atom is -0.507 e. The monoisotopic (exact) mass is 377 g/mol. The first-order valence-corrected chi connectivity index (χ1v) is 9.03. The topological polar surface area (TPSA) is 95.3 Å². The van der Waals surface area contributed by atoms with E-state index in [4.69, 9.17) is 0 Å². The van der Waals surface area contributed by atoms with Gasteiger partial charge >= 0.3 is 5.97 Å². The Morgan fingerprint density at radius 1 is 1.11 bits per heavy atom. The lowest BCUT2D eigenvalue weighted by molar-refractivity contribution is 0.0694. The van der Waals surface area contributed by atoms with Crippen LogP contribution in [0, 0.1) is 6.92 Å². The van der Waals surface area contributed by atoms with Crippen LogP contribution in [0.5, 0.6) is 5.75 Å². The van der Waals surface area contributed by atoms with Crippen LogP contribution >= 0.6 is 11.3 Å². The van der Waals surface area contributed by atoms with Crippen LogP contribution in [0.2, 0.25) is 0 Å². The number of carboxylic acid groups (broad SMARTS) is 1. The third-order valence-electron chi connectivity index (χ3n) is 4.22. The van der Waals surface area contributed by atoms with E-state index in [0.29, 0.717) is 11.5 Å². The number of aromatic carboxylic acids is 1. The Balaban J connectivity index is 1.81. The zero-order chi connectivity index (χ0) is 19.0. The smallest absolute Gasteiger partial charge is 0.339 e. The summed E-state index contributed by atoms with van der Waals surface area (Å²) >= 11 is 1.52. The number of hydrogen-bond acceptors (Lipinski definition) is 6. The largest absolute Gasteiger partial charge is 0.507 e. The summed E-state index contributed by atoms with van der Waals surface area (Å²) in [6.07, 6.45) is 1.47. The van der Waals surface area contributed by atoms with Gasteiger partial charge in [-0.15, -0.1) is 11.3 Å². The van der Waals surface area contributed by atoms with Crippen molar-refractivity contribution in [3.8, 4) is 16.9 Å². The predicted octanol–water partition coefficient (Wildman–Crippen LogP) is 4.81. The van der Waals surface area contributed by atoms with Gasteiger partial charge in [-0.25, -0.2) is 14.8 Å². The number of carbonyl (C=O) groups is 1. The fraction of sp³-hybridized carbons (Fsp3) is 0.0500. The Morgan fingerprint density at radius 3 is 2.63 bits per heavy atom. The molecule has 0 saturated carbocycles. The fourth-order valence-electron chi connectivity index (χ4n) is 2.84. The highest BCUT2D eigenvalue weighted by molar-refractivity contribution is 7.17. The second-order valence-corrected chi connectivity index (χ2v) is 6.94. The van der Waals surface area contributed by atoms with Crippen molar-refractivity contribution in [1.29, 1.82) is 0 Å². The van der Waals surface area contributed by atoms with E-state index in [0.717, 1.165) is 21.3 Å². The van der Waals surface area contributed by atoms with Gasteiger partial charge in [0.15, 0.2) is 0 Å². The van der Waals surface area contributed by atoms with Gasteiger partial charge in [-0.05, 0) is 30.7 Å². The summed E-state index contributed by atoms with van der Waals surface area (Å²) in [5.41, 5.74) is 3.59. The van der Waals surface area contributed by atoms with Crippen LogP contribution in [0.3, 0.4) is 0 Å². The van der Waals surface area contributed by atoms with Crippen molar-refractivity contribution in [2.45, 2.75) is 6.92 Å². The van der Waals surface area contributed by atoms with Gasteiger partial charge < -0.3 is 15.5 Å². The number of aromatic hydroxyl groups is 1. The Kier molecular flexibility index (Phi) is 4.21.